The van der Waals surface area contributed by atoms with Crippen LogP contribution in [0.5, 0.6) is 0 Å². The fraction of sp³-hybridized carbons (Fsp3) is 0.333. The molecule has 0 spiro atoms. The van der Waals surface area contributed by atoms with Gasteiger partial charge in [0, 0.05) is 10.2 Å². The van der Waals surface area contributed by atoms with Gasteiger partial charge in [-0.3, -0.25) is 4.79 Å². The van der Waals surface area contributed by atoms with Gasteiger partial charge in [-0.25, -0.2) is 4.98 Å². The van der Waals surface area contributed by atoms with Crippen molar-refractivity contribution in [3.63, 3.8) is 0 Å². The molecule has 1 aromatic rings. The molecular weight excluding hydrogens is 262 g/mol. The van der Waals surface area contributed by atoms with Gasteiger partial charge in [-0.15, -0.1) is 0 Å². The highest BCUT2D eigenvalue weighted by atomic mass is 79.9. The first-order valence-electron chi connectivity index (χ1n) is 4.34. The van der Waals surface area contributed by atoms with Crippen LogP contribution in [0.3, 0.4) is 0 Å². The van der Waals surface area contributed by atoms with E-state index in [-0.39, 0.29) is 6.61 Å². The Hall–Kier alpha value is -1.14. The van der Waals surface area contributed by atoms with E-state index in [1.165, 1.54) is 0 Å². The lowest BCUT2D eigenvalue weighted by Gasteiger charge is -2.13. The van der Waals surface area contributed by atoms with Crippen LogP contribution in [0.15, 0.2) is 16.6 Å². The molecule has 1 heterocycles. The van der Waals surface area contributed by atoms with Gasteiger partial charge in [0.2, 0.25) is 5.91 Å². The summed E-state index contributed by atoms with van der Waals surface area (Å²) in [4.78, 5) is 15.0. The highest BCUT2D eigenvalue weighted by Crippen LogP contribution is 2.16. The van der Waals surface area contributed by atoms with E-state index in [9.17, 15) is 4.79 Å². The van der Waals surface area contributed by atoms with Crippen molar-refractivity contribution < 1.29 is 9.90 Å². The van der Waals surface area contributed by atoms with Gasteiger partial charge in [-0.1, -0.05) is 15.9 Å². The van der Waals surface area contributed by atoms with Crippen LogP contribution in [0, 0.1) is 6.92 Å². The Labute approximate surface area is 95.8 Å². The van der Waals surface area contributed by atoms with E-state index in [0.29, 0.717) is 5.82 Å². The molecule has 0 unspecified atom stereocenters. The number of rotatable bonds is 4. The number of halogens is 1. The molecule has 4 N–H and O–H groups in total. The minimum Gasteiger partial charge on any atom is -0.394 e. The first kappa shape index (κ1) is 11.9. The zero-order chi connectivity index (χ0) is 11.4. The Bertz CT molecular complexity index is 350. The molecule has 1 aromatic heterocycles. The average Bonchev–Trinajstić information content (AvgIpc) is 2.12. The van der Waals surface area contributed by atoms with Gasteiger partial charge in [0.1, 0.15) is 11.9 Å². The maximum absolute atomic E-state index is 10.9. The standard InChI is InChI=1S/C9H12BrN3O2/c1-5-2-6(10)3-8(12-5)13-7(4-14)9(11)15/h2-3,7,14H,4H2,1H3,(H2,11,15)(H,12,13)/t7-/m0/s1. The summed E-state index contributed by atoms with van der Waals surface area (Å²) in [6.07, 6.45) is 0. The summed E-state index contributed by atoms with van der Waals surface area (Å²) in [5.74, 6) is -0.114. The molecule has 82 valence electrons. The van der Waals surface area contributed by atoms with Crippen molar-refractivity contribution in [1.82, 2.24) is 4.98 Å². The van der Waals surface area contributed by atoms with Crippen molar-refractivity contribution in [2.45, 2.75) is 13.0 Å². The molecule has 1 amide bonds. The predicted octanol–water partition coefficient (Wildman–Crippen LogP) is 0.411. The molecule has 6 heteroatoms. The third-order valence-electron chi connectivity index (χ3n) is 1.77. The van der Waals surface area contributed by atoms with Gasteiger partial charge >= 0.3 is 0 Å². The van der Waals surface area contributed by atoms with Crippen LogP contribution in [0.2, 0.25) is 0 Å². The van der Waals surface area contributed by atoms with Gasteiger partial charge in [0.25, 0.3) is 0 Å². The first-order valence-corrected chi connectivity index (χ1v) is 5.13. The largest absolute Gasteiger partial charge is 0.394 e. The average molecular weight is 274 g/mol. The van der Waals surface area contributed by atoms with Gasteiger partial charge in [0.15, 0.2) is 0 Å². The molecule has 0 aliphatic rings. The van der Waals surface area contributed by atoms with Crippen LogP contribution in [-0.2, 0) is 4.79 Å². The van der Waals surface area contributed by atoms with E-state index in [2.05, 4.69) is 26.2 Å². The third-order valence-corrected chi connectivity index (χ3v) is 2.22. The zero-order valence-electron chi connectivity index (χ0n) is 8.20. The Morgan fingerprint density at radius 2 is 2.40 bits per heavy atom. The normalized spacial score (nSPS) is 12.2. The molecule has 0 saturated carbocycles. The monoisotopic (exact) mass is 273 g/mol. The van der Waals surface area contributed by atoms with Crippen LogP contribution in [-0.4, -0.2) is 28.6 Å². The van der Waals surface area contributed by atoms with E-state index >= 15 is 0 Å². The quantitative estimate of drug-likeness (QED) is 0.742. The third kappa shape index (κ3) is 3.49. The van der Waals surface area contributed by atoms with Gasteiger partial charge in [0.05, 0.1) is 6.61 Å². The van der Waals surface area contributed by atoms with Crippen LogP contribution in [0.1, 0.15) is 5.69 Å². The van der Waals surface area contributed by atoms with Crippen molar-refractivity contribution in [3.05, 3.63) is 22.3 Å². The predicted molar refractivity (Wildman–Crippen MR) is 60.4 cm³/mol. The van der Waals surface area contributed by atoms with Gasteiger partial charge < -0.3 is 16.2 Å². The first-order chi connectivity index (χ1) is 7.02. The van der Waals surface area contributed by atoms with Gasteiger partial charge in [-0.2, -0.15) is 0 Å². The van der Waals surface area contributed by atoms with Crippen molar-refractivity contribution in [2.75, 3.05) is 11.9 Å². The molecule has 5 nitrogen and oxygen atoms in total. The number of hydrogen-bond acceptors (Lipinski definition) is 4. The smallest absolute Gasteiger partial charge is 0.242 e. The number of nitrogens with zero attached hydrogens (tertiary/aromatic N) is 1. The summed E-state index contributed by atoms with van der Waals surface area (Å²) in [6, 6.07) is 2.73. The second-order valence-corrected chi connectivity index (χ2v) is 4.01. The molecule has 1 rings (SSSR count). The summed E-state index contributed by atoms with van der Waals surface area (Å²) in [5.41, 5.74) is 5.87. The molecule has 1 atom stereocenters. The van der Waals surface area contributed by atoms with Crippen molar-refractivity contribution >= 4 is 27.7 Å². The zero-order valence-corrected chi connectivity index (χ0v) is 9.78. The summed E-state index contributed by atoms with van der Waals surface area (Å²) in [6.45, 7) is 1.47. The number of aliphatic hydroxyl groups excluding tert-OH is 1. The lowest BCUT2D eigenvalue weighted by atomic mass is 10.3. The van der Waals surface area contributed by atoms with Crippen LogP contribution in [0.25, 0.3) is 0 Å². The van der Waals surface area contributed by atoms with Crippen molar-refractivity contribution in [1.29, 1.82) is 0 Å². The molecule has 0 bridgehead atoms. The fourth-order valence-electron chi connectivity index (χ4n) is 1.09. The van der Waals surface area contributed by atoms with E-state index in [0.717, 1.165) is 10.2 Å². The van der Waals surface area contributed by atoms with Crippen molar-refractivity contribution in [3.8, 4) is 0 Å². The second-order valence-electron chi connectivity index (χ2n) is 3.09. The number of aliphatic hydroxyl groups is 1. The molecule has 15 heavy (non-hydrogen) atoms. The van der Waals surface area contributed by atoms with E-state index in [1.807, 2.05) is 13.0 Å². The molecule has 0 radical (unpaired) electrons. The van der Waals surface area contributed by atoms with E-state index in [4.69, 9.17) is 10.8 Å². The lowest BCUT2D eigenvalue weighted by Crippen LogP contribution is -2.38. The molecule has 0 saturated heterocycles. The molecular formula is C9H12BrN3O2. The fourth-order valence-corrected chi connectivity index (χ4v) is 1.63. The van der Waals surface area contributed by atoms with Crippen LogP contribution < -0.4 is 11.1 Å². The van der Waals surface area contributed by atoms with E-state index < -0.39 is 11.9 Å². The summed E-state index contributed by atoms with van der Waals surface area (Å²) in [7, 11) is 0. The topological polar surface area (TPSA) is 88.2 Å². The Kier molecular flexibility index (Phi) is 4.05. The number of anilines is 1. The minimum absolute atomic E-state index is 0.359. The lowest BCUT2D eigenvalue weighted by molar-refractivity contribution is -0.119. The number of hydrogen-bond donors (Lipinski definition) is 3. The molecule has 0 aliphatic carbocycles. The molecule has 0 fully saturated rings. The number of amides is 1. The maximum Gasteiger partial charge on any atom is 0.242 e. The SMILES string of the molecule is Cc1cc(Br)cc(N[C@@H](CO)C(N)=O)n1. The number of nitrogens with two attached hydrogens (primary N) is 1. The highest BCUT2D eigenvalue weighted by molar-refractivity contribution is 9.10. The maximum atomic E-state index is 10.9. The van der Waals surface area contributed by atoms with Crippen molar-refractivity contribution in [2.24, 2.45) is 5.73 Å². The Morgan fingerprint density at radius 3 is 2.87 bits per heavy atom. The summed E-state index contributed by atoms with van der Waals surface area (Å²) in [5, 5.41) is 11.6. The highest BCUT2D eigenvalue weighted by Gasteiger charge is 2.14. The summed E-state index contributed by atoms with van der Waals surface area (Å²) < 4.78 is 0.846. The number of primary amides is 1. The van der Waals surface area contributed by atoms with Crippen LogP contribution in [0.4, 0.5) is 5.82 Å². The van der Waals surface area contributed by atoms with E-state index in [1.54, 1.807) is 6.07 Å². The number of aromatic nitrogens is 1. The number of nitrogens with one attached hydrogen (secondary N) is 1. The summed E-state index contributed by atoms with van der Waals surface area (Å²) >= 11 is 3.30. The number of carbonyl (C=O) groups is 1. The number of carbonyl (C=O) groups excluding carboxylic acids is 1. The number of aryl methyl sites for hydroxylation is 1. The second kappa shape index (κ2) is 5.09. The molecule has 0 aliphatic heterocycles. The van der Waals surface area contributed by atoms with Crippen LogP contribution >= 0.6 is 15.9 Å². The number of pyridine rings is 1. The Balaban J connectivity index is 2.83. The Morgan fingerprint density at radius 1 is 1.73 bits per heavy atom. The minimum atomic E-state index is -0.814. The molecule has 0 aromatic carbocycles. The van der Waals surface area contributed by atoms with Gasteiger partial charge in [-0.05, 0) is 19.1 Å².